The number of ether oxygens (including phenoxy) is 1. The first-order valence-electron chi connectivity index (χ1n) is 10.7. The van der Waals surface area contributed by atoms with Crippen molar-refractivity contribution < 1.29 is 24.2 Å². The highest BCUT2D eigenvalue weighted by atomic mass is 16.5. The molecule has 0 bridgehead atoms. The van der Waals surface area contributed by atoms with Crippen LogP contribution in [-0.2, 0) is 20.8 Å². The van der Waals surface area contributed by atoms with E-state index in [-0.39, 0.29) is 25.3 Å². The van der Waals surface area contributed by atoms with Crippen LogP contribution in [0.15, 0.2) is 48.8 Å². The van der Waals surface area contributed by atoms with Crippen molar-refractivity contribution >= 4 is 23.6 Å². The monoisotopic (exact) mass is 453 g/mol. The average molecular weight is 453 g/mol. The number of amidine groups is 1. The number of hydrogen-bond acceptors (Lipinski definition) is 6. The van der Waals surface area contributed by atoms with Crippen LogP contribution in [0.1, 0.15) is 24.0 Å². The predicted molar refractivity (Wildman–Crippen MR) is 120 cm³/mol. The summed E-state index contributed by atoms with van der Waals surface area (Å²) in [5, 5.41) is 17.0. The molecule has 3 rings (SSSR count). The van der Waals surface area contributed by atoms with Gasteiger partial charge in [-0.2, -0.15) is 0 Å². The Hall–Kier alpha value is -3.95. The van der Waals surface area contributed by atoms with Gasteiger partial charge in [0.05, 0.1) is 6.61 Å². The molecular formula is C23H27N5O5. The summed E-state index contributed by atoms with van der Waals surface area (Å²) in [7, 11) is 0. The molecule has 4 N–H and O–H groups in total. The number of carbonyl (C=O) groups excluding carboxylic acids is 2. The van der Waals surface area contributed by atoms with Gasteiger partial charge >= 0.3 is 17.8 Å². The maximum Gasteiger partial charge on any atom is 0.326 e. The van der Waals surface area contributed by atoms with Crippen molar-refractivity contribution in [2.75, 3.05) is 26.2 Å². The molecule has 1 unspecified atom stereocenters. The number of nitrogen functional groups attached to an aromatic ring is 1. The quantitative estimate of drug-likeness (QED) is 0.198. The Balaban J connectivity index is 1.45. The lowest BCUT2D eigenvalue weighted by atomic mass is 10.0. The van der Waals surface area contributed by atoms with E-state index in [1.807, 2.05) is 0 Å². The molecule has 1 aromatic carbocycles. The minimum Gasteiger partial charge on any atom is -0.494 e. The van der Waals surface area contributed by atoms with Gasteiger partial charge in [0.15, 0.2) is 0 Å². The van der Waals surface area contributed by atoms with E-state index in [2.05, 4.69) is 4.98 Å². The second-order valence-corrected chi connectivity index (χ2v) is 7.70. The number of carboxylic acid groups (broad SMARTS) is 1. The van der Waals surface area contributed by atoms with E-state index in [1.54, 1.807) is 48.8 Å². The van der Waals surface area contributed by atoms with Crippen molar-refractivity contribution in [3.63, 3.8) is 0 Å². The lowest BCUT2D eigenvalue weighted by Crippen LogP contribution is -2.59. The molecule has 1 saturated heterocycles. The van der Waals surface area contributed by atoms with Crippen LogP contribution >= 0.6 is 0 Å². The van der Waals surface area contributed by atoms with E-state index in [9.17, 15) is 19.5 Å². The zero-order valence-electron chi connectivity index (χ0n) is 18.1. The van der Waals surface area contributed by atoms with Crippen LogP contribution in [-0.4, -0.2) is 75.8 Å². The number of unbranched alkanes of at least 4 members (excludes halogenated alkanes) is 1. The van der Waals surface area contributed by atoms with E-state index >= 15 is 0 Å². The molecule has 2 amide bonds. The van der Waals surface area contributed by atoms with Gasteiger partial charge in [0.1, 0.15) is 17.6 Å². The summed E-state index contributed by atoms with van der Waals surface area (Å²) < 4.78 is 5.65. The molecule has 0 radical (unpaired) electrons. The smallest absolute Gasteiger partial charge is 0.326 e. The zero-order valence-corrected chi connectivity index (χ0v) is 18.1. The highest BCUT2D eigenvalue weighted by molar-refractivity contribution is 6.35. The Labute approximate surface area is 191 Å². The zero-order chi connectivity index (χ0) is 23.8. The van der Waals surface area contributed by atoms with Gasteiger partial charge < -0.3 is 25.4 Å². The maximum absolute atomic E-state index is 12.6. The number of nitrogens with one attached hydrogen (secondary N) is 1. The maximum atomic E-state index is 12.6. The largest absolute Gasteiger partial charge is 0.494 e. The molecule has 174 valence electrons. The first-order valence-corrected chi connectivity index (χ1v) is 10.7. The van der Waals surface area contributed by atoms with Gasteiger partial charge in [0.2, 0.25) is 0 Å². The number of piperazine rings is 1. The van der Waals surface area contributed by atoms with Crippen LogP contribution in [0.3, 0.4) is 0 Å². The normalized spacial score (nSPS) is 14.8. The predicted octanol–water partition coefficient (Wildman–Crippen LogP) is 0.891. The molecule has 1 fully saturated rings. The van der Waals surface area contributed by atoms with Crippen molar-refractivity contribution in [3.8, 4) is 5.75 Å². The number of aliphatic carboxylic acids is 1. The summed E-state index contributed by atoms with van der Waals surface area (Å²) >= 11 is 0. The molecule has 10 nitrogen and oxygen atoms in total. The fraction of sp³-hybridized carbons (Fsp3) is 0.348. The number of pyridine rings is 1. The number of amides is 2. The third kappa shape index (κ3) is 6.28. The van der Waals surface area contributed by atoms with Crippen molar-refractivity contribution in [1.82, 2.24) is 14.8 Å². The van der Waals surface area contributed by atoms with Gasteiger partial charge in [0, 0.05) is 44.0 Å². The van der Waals surface area contributed by atoms with E-state index in [0.717, 1.165) is 4.90 Å². The Kier molecular flexibility index (Phi) is 7.96. The molecule has 0 spiro atoms. The highest BCUT2D eigenvalue weighted by Crippen LogP contribution is 2.16. The van der Waals surface area contributed by atoms with Crippen molar-refractivity contribution in [2.45, 2.75) is 25.3 Å². The van der Waals surface area contributed by atoms with Crippen LogP contribution in [0, 0.1) is 5.41 Å². The number of nitrogens with two attached hydrogens (primary N) is 1. The minimum absolute atomic E-state index is 0.00684. The second-order valence-electron chi connectivity index (χ2n) is 7.70. The third-order valence-electron chi connectivity index (χ3n) is 5.41. The number of rotatable bonds is 11. The standard InChI is InChI=1S/C23H27N5O5/c24-20(25)17-5-7-18(8-6-17)33-13-2-1-10-27-11-12-28(22(30)21(27)29)19(23(31)32)14-16-4-3-9-26-15-16/h3-9,15,19H,1-2,10-14H2,(H3,24,25)(H,31,32). The summed E-state index contributed by atoms with van der Waals surface area (Å²) in [6.07, 6.45) is 4.55. The van der Waals surface area contributed by atoms with Crippen molar-refractivity contribution in [2.24, 2.45) is 5.73 Å². The molecule has 2 heterocycles. The molecule has 1 aromatic heterocycles. The summed E-state index contributed by atoms with van der Waals surface area (Å²) in [5.74, 6) is -1.97. The number of benzene rings is 1. The molecule has 10 heteroatoms. The van der Waals surface area contributed by atoms with Crippen molar-refractivity contribution in [1.29, 1.82) is 5.41 Å². The van der Waals surface area contributed by atoms with Crippen LogP contribution in [0.5, 0.6) is 5.75 Å². The molecule has 2 aromatic rings. The molecule has 1 aliphatic heterocycles. The summed E-state index contributed by atoms with van der Waals surface area (Å²) in [5.41, 5.74) is 6.73. The SMILES string of the molecule is N=C(N)c1ccc(OCCCCN2CCN(C(Cc3cccnc3)C(=O)O)C(=O)C2=O)cc1. The number of carboxylic acids is 1. The number of carbonyl (C=O) groups is 3. The fourth-order valence-electron chi connectivity index (χ4n) is 3.60. The summed E-state index contributed by atoms with van der Waals surface area (Å²) in [4.78, 5) is 43.5. The molecule has 33 heavy (non-hydrogen) atoms. The average Bonchev–Trinajstić information content (AvgIpc) is 2.81. The van der Waals surface area contributed by atoms with Crippen LogP contribution in [0.4, 0.5) is 0 Å². The Morgan fingerprint density at radius 2 is 1.91 bits per heavy atom. The molecule has 1 aliphatic rings. The van der Waals surface area contributed by atoms with Gasteiger partial charge in [-0.05, 0) is 48.7 Å². The van der Waals surface area contributed by atoms with Gasteiger partial charge in [0.25, 0.3) is 0 Å². The summed E-state index contributed by atoms with van der Waals surface area (Å²) in [6, 6.07) is 9.22. The van der Waals surface area contributed by atoms with Gasteiger partial charge in [-0.3, -0.25) is 20.0 Å². The first kappa shape index (κ1) is 23.7. The van der Waals surface area contributed by atoms with Gasteiger partial charge in [-0.1, -0.05) is 6.07 Å². The van der Waals surface area contributed by atoms with Gasteiger partial charge in [-0.25, -0.2) is 4.79 Å². The molecule has 0 saturated carbocycles. The van der Waals surface area contributed by atoms with Crippen LogP contribution in [0.25, 0.3) is 0 Å². The van der Waals surface area contributed by atoms with E-state index < -0.39 is 23.8 Å². The lowest BCUT2D eigenvalue weighted by molar-refractivity contribution is -0.162. The molecule has 0 aliphatic carbocycles. The Morgan fingerprint density at radius 1 is 1.15 bits per heavy atom. The highest BCUT2D eigenvalue weighted by Gasteiger charge is 2.39. The van der Waals surface area contributed by atoms with E-state index in [1.165, 1.54) is 4.90 Å². The number of aromatic nitrogens is 1. The van der Waals surface area contributed by atoms with Gasteiger partial charge in [-0.15, -0.1) is 0 Å². The lowest BCUT2D eigenvalue weighted by Gasteiger charge is -2.36. The molecule has 1 atom stereocenters. The third-order valence-corrected chi connectivity index (χ3v) is 5.41. The molecular weight excluding hydrogens is 426 g/mol. The summed E-state index contributed by atoms with van der Waals surface area (Å²) in [6.45, 7) is 1.29. The van der Waals surface area contributed by atoms with E-state index in [4.69, 9.17) is 15.9 Å². The Bertz CT molecular complexity index is 996. The fourth-order valence-corrected chi connectivity index (χ4v) is 3.60. The van der Waals surface area contributed by atoms with E-state index in [0.29, 0.717) is 42.9 Å². The number of hydrogen-bond donors (Lipinski definition) is 3. The van der Waals surface area contributed by atoms with Crippen LogP contribution in [0.2, 0.25) is 0 Å². The Morgan fingerprint density at radius 3 is 2.55 bits per heavy atom. The van der Waals surface area contributed by atoms with Crippen LogP contribution < -0.4 is 10.5 Å². The second kappa shape index (κ2) is 11.1. The minimum atomic E-state index is -1.15. The number of nitrogens with zero attached hydrogens (tertiary/aromatic N) is 3. The van der Waals surface area contributed by atoms with Crippen molar-refractivity contribution in [3.05, 3.63) is 59.9 Å². The first-order chi connectivity index (χ1) is 15.9. The topological polar surface area (TPSA) is 150 Å².